The molecule has 2 heterocycles. The van der Waals surface area contributed by atoms with Crippen molar-refractivity contribution in [3.8, 4) is 66.8 Å². The van der Waals surface area contributed by atoms with E-state index in [4.69, 9.17) is 8.83 Å². The molecular formula is C71H47NO2. The number of hydrogen-bond acceptors (Lipinski definition) is 3. The van der Waals surface area contributed by atoms with E-state index in [1.807, 2.05) is 24.3 Å². The van der Waals surface area contributed by atoms with Crippen LogP contribution in [0.2, 0.25) is 0 Å². The highest BCUT2D eigenvalue weighted by atomic mass is 16.3. The summed E-state index contributed by atoms with van der Waals surface area (Å²) in [6.07, 6.45) is 0. The van der Waals surface area contributed by atoms with Crippen molar-refractivity contribution in [3.63, 3.8) is 0 Å². The van der Waals surface area contributed by atoms with Gasteiger partial charge in [-0.15, -0.1) is 0 Å². The van der Waals surface area contributed by atoms with Crippen molar-refractivity contribution in [1.82, 2.24) is 0 Å². The smallest absolute Gasteiger partial charge is 0.143 e. The molecule has 0 aliphatic carbocycles. The number of anilines is 2. The number of nitrogens with zero attached hydrogens (tertiary/aromatic N) is 1. The third-order valence-corrected chi connectivity index (χ3v) is 14.8. The molecule has 0 aliphatic rings. The van der Waals surface area contributed by atoms with Crippen LogP contribution < -0.4 is 4.90 Å². The Morgan fingerprint density at radius 3 is 1.35 bits per heavy atom. The molecule has 74 heavy (non-hydrogen) atoms. The van der Waals surface area contributed by atoms with Gasteiger partial charge in [-0.3, -0.25) is 0 Å². The molecule has 0 bridgehead atoms. The lowest BCUT2D eigenvalue weighted by molar-refractivity contribution is 0.669. The van der Waals surface area contributed by atoms with Gasteiger partial charge >= 0.3 is 0 Å². The molecule has 0 fully saturated rings. The van der Waals surface area contributed by atoms with Crippen molar-refractivity contribution in [2.75, 3.05) is 4.90 Å². The van der Waals surface area contributed by atoms with Crippen LogP contribution in [0.1, 0.15) is 5.56 Å². The molecular weight excluding hydrogens is 899 g/mol. The average molecular weight is 946 g/mol. The van der Waals surface area contributed by atoms with E-state index in [1.165, 1.54) is 27.5 Å². The maximum Gasteiger partial charge on any atom is 0.143 e. The number of fused-ring (bicyclic) bond motifs is 7. The van der Waals surface area contributed by atoms with Gasteiger partial charge in [0.25, 0.3) is 0 Å². The highest BCUT2D eigenvalue weighted by Crippen LogP contribution is 2.47. The first-order valence-electron chi connectivity index (χ1n) is 25.3. The van der Waals surface area contributed by atoms with Gasteiger partial charge in [0, 0.05) is 50.5 Å². The summed E-state index contributed by atoms with van der Waals surface area (Å²) in [5, 5.41) is 6.98. The quantitative estimate of drug-likeness (QED) is 0.137. The number of para-hydroxylation sites is 4. The Morgan fingerprint density at radius 2 is 0.730 bits per heavy atom. The Labute approximate surface area is 429 Å². The van der Waals surface area contributed by atoms with Crippen LogP contribution in [0.3, 0.4) is 0 Å². The molecule has 0 saturated carbocycles. The summed E-state index contributed by atoms with van der Waals surface area (Å²) in [7, 11) is 0. The zero-order valence-corrected chi connectivity index (χ0v) is 40.5. The van der Waals surface area contributed by atoms with Crippen molar-refractivity contribution < 1.29 is 8.83 Å². The predicted octanol–water partition coefficient (Wildman–Crippen LogP) is 20.0. The Hall–Kier alpha value is -9.70. The van der Waals surface area contributed by atoms with Gasteiger partial charge in [-0.25, -0.2) is 0 Å². The van der Waals surface area contributed by atoms with Crippen LogP contribution in [-0.2, 0) is 6.54 Å². The van der Waals surface area contributed by atoms with Gasteiger partial charge in [0.05, 0.1) is 5.69 Å². The van der Waals surface area contributed by atoms with E-state index in [9.17, 15) is 0 Å². The van der Waals surface area contributed by atoms with Crippen molar-refractivity contribution in [1.29, 1.82) is 0 Å². The van der Waals surface area contributed by atoms with Crippen molar-refractivity contribution in [3.05, 3.63) is 279 Å². The SMILES string of the molecule is c1ccc(-c2cc(-c3ccc(-c4cccc5c4oc4ccccc45)cc3)c(-c3ccccc3)c(N(Cc3ccc(-c4cccc5ccccc45)cc3)c3ccc(-c4cccc5c4oc4ccccc45)cc3)c2)cc1. The maximum absolute atomic E-state index is 6.55. The topological polar surface area (TPSA) is 29.5 Å². The van der Waals surface area contributed by atoms with Crippen LogP contribution in [0.4, 0.5) is 11.4 Å². The highest BCUT2D eigenvalue weighted by Gasteiger charge is 2.23. The first-order chi connectivity index (χ1) is 36.7. The molecule has 0 atom stereocenters. The summed E-state index contributed by atoms with van der Waals surface area (Å²) in [4.78, 5) is 2.51. The minimum atomic E-state index is 0.617. The zero-order chi connectivity index (χ0) is 49.0. The molecule has 14 aromatic rings. The van der Waals surface area contributed by atoms with Gasteiger partial charge in [-0.05, 0) is 103 Å². The van der Waals surface area contributed by atoms with Crippen molar-refractivity contribution in [2.24, 2.45) is 0 Å². The van der Waals surface area contributed by atoms with Gasteiger partial charge in [-0.2, -0.15) is 0 Å². The van der Waals surface area contributed by atoms with Crippen LogP contribution in [0, 0.1) is 0 Å². The van der Waals surface area contributed by atoms with E-state index in [0.717, 1.165) is 111 Å². The standard InChI is InChI=1S/C71H47NO2/c1-3-16-48(17-4-1)55-44-65(53-38-36-51(37-39-53)59-26-14-28-63-61-23-9-11-30-67(61)73-70(59)63)69(54-19-5-2-6-20-54)66(45-55)72(46-47-32-34-50(35-33-47)58-25-13-21-49-18-7-8-22-57(49)58)56-42-40-52(41-43-56)60-27-15-29-64-62-24-10-12-31-68(62)74-71(60)64/h1-45H,46H2. The zero-order valence-electron chi connectivity index (χ0n) is 40.5. The monoisotopic (exact) mass is 945 g/mol. The van der Waals surface area contributed by atoms with Crippen molar-refractivity contribution >= 4 is 66.0 Å². The molecule has 0 saturated heterocycles. The molecule has 14 rings (SSSR count). The summed E-state index contributed by atoms with van der Waals surface area (Å²) in [6.45, 7) is 0.617. The van der Waals surface area contributed by atoms with Gasteiger partial charge in [0.1, 0.15) is 22.3 Å². The summed E-state index contributed by atoms with van der Waals surface area (Å²) in [5.41, 5.74) is 20.6. The van der Waals surface area contributed by atoms with Crippen LogP contribution in [0.25, 0.3) is 121 Å². The van der Waals surface area contributed by atoms with Crippen LogP contribution in [0.5, 0.6) is 0 Å². The number of furan rings is 2. The summed E-state index contributed by atoms with van der Waals surface area (Å²) >= 11 is 0. The van der Waals surface area contributed by atoms with E-state index in [-0.39, 0.29) is 0 Å². The van der Waals surface area contributed by atoms with E-state index >= 15 is 0 Å². The molecule has 3 heteroatoms. The lowest BCUT2D eigenvalue weighted by Crippen LogP contribution is -2.18. The third-order valence-electron chi connectivity index (χ3n) is 14.8. The van der Waals surface area contributed by atoms with E-state index in [1.54, 1.807) is 0 Å². The molecule has 2 aromatic heterocycles. The summed E-state index contributed by atoms with van der Waals surface area (Å²) in [5.74, 6) is 0. The number of benzene rings is 12. The Bertz CT molecular complexity index is 4350. The second kappa shape index (κ2) is 18.2. The first-order valence-corrected chi connectivity index (χ1v) is 25.3. The second-order valence-corrected chi connectivity index (χ2v) is 19.1. The van der Waals surface area contributed by atoms with Gasteiger partial charge in [-0.1, -0.05) is 237 Å². The van der Waals surface area contributed by atoms with Crippen LogP contribution in [-0.4, -0.2) is 0 Å². The predicted molar refractivity (Wildman–Crippen MR) is 310 cm³/mol. The van der Waals surface area contributed by atoms with Gasteiger partial charge < -0.3 is 13.7 Å². The maximum atomic E-state index is 6.55. The highest BCUT2D eigenvalue weighted by molar-refractivity contribution is 6.11. The summed E-state index contributed by atoms with van der Waals surface area (Å²) < 4.78 is 13.1. The molecule has 0 radical (unpaired) electrons. The number of hydrogen-bond donors (Lipinski definition) is 0. The fourth-order valence-corrected chi connectivity index (χ4v) is 11.1. The molecule has 0 amide bonds. The summed E-state index contributed by atoms with van der Waals surface area (Å²) in [6, 6.07) is 98.4. The largest absolute Gasteiger partial charge is 0.455 e. The molecule has 3 nitrogen and oxygen atoms in total. The van der Waals surface area contributed by atoms with Crippen LogP contribution >= 0.6 is 0 Å². The minimum absolute atomic E-state index is 0.617. The van der Waals surface area contributed by atoms with E-state index in [0.29, 0.717) is 6.54 Å². The normalized spacial score (nSPS) is 11.6. The third kappa shape index (κ3) is 7.62. The second-order valence-electron chi connectivity index (χ2n) is 19.1. The van der Waals surface area contributed by atoms with E-state index < -0.39 is 0 Å². The Balaban J connectivity index is 0.948. The Kier molecular flexibility index (Phi) is 10.6. The fourth-order valence-electron chi connectivity index (χ4n) is 11.1. The van der Waals surface area contributed by atoms with Crippen LogP contribution in [0.15, 0.2) is 282 Å². The molecule has 0 N–H and O–H groups in total. The molecule has 12 aromatic carbocycles. The molecule has 0 aliphatic heterocycles. The first kappa shape index (κ1) is 43.1. The van der Waals surface area contributed by atoms with Gasteiger partial charge in [0.2, 0.25) is 0 Å². The lowest BCUT2D eigenvalue weighted by atomic mass is 9.88. The molecule has 0 spiro atoms. The molecule has 348 valence electrons. The number of rotatable bonds is 10. The average Bonchev–Trinajstić information content (AvgIpc) is 4.07. The minimum Gasteiger partial charge on any atom is -0.455 e. The Morgan fingerprint density at radius 1 is 0.284 bits per heavy atom. The fraction of sp³-hybridized carbons (Fsp3) is 0.0141. The van der Waals surface area contributed by atoms with Gasteiger partial charge in [0.15, 0.2) is 0 Å². The van der Waals surface area contributed by atoms with Crippen molar-refractivity contribution in [2.45, 2.75) is 6.54 Å². The van der Waals surface area contributed by atoms with E-state index in [2.05, 4.69) is 254 Å². The lowest BCUT2D eigenvalue weighted by Gasteiger charge is -2.30. The molecule has 0 unspecified atom stereocenters.